The fourth-order valence-corrected chi connectivity index (χ4v) is 5.72. The number of unbranched alkanes of at least 4 members (excludes halogenated alkanes) is 9. The summed E-state index contributed by atoms with van der Waals surface area (Å²) in [6, 6.07) is 0. The first-order chi connectivity index (χ1) is 32.3. The van der Waals surface area contributed by atoms with Crippen molar-refractivity contribution in [3.8, 4) is 0 Å². The number of carboxylic acid groups (broad SMARTS) is 4. The van der Waals surface area contributed by atoms with Crippen molar-refractivity contribution in [2.24, 2.45) is 0 Å². The van der Waals surface area contributed by atoms with E-state index in [2.05, 4.69) is 0 Å². The second-order valence-corrected chi connectivity index (χ2v) is 15.8. The summed E-state index contributed by atoms with van der Waals surface area (Å²) in [6.07, 6.45) is 2.20. The van der Waals surface area contributed by atoms with Gasteiger partial charge in [-0.2, -0.15) is 0 Å². The van der Waals surface area contributed by atoms with Crippen LogP contribution in [0.2, 0.25) is 0 Å². The lowest BCUT2D eigenvalue weighted by Crippen LogP contribution is -2.50. The van der Waals surface area contributed by atoms with Gasteiger partial charge in [0.15, 0.2) is 0 Å². The van der Waals surface area contributed by atoms with Crippen molar-refractivity contribution in [2.45, 2.75) is 173 Å². The summed E-state index contributed by atoms with van der Waals surface area (Å²) in [5.74, 6) is -9.84. The standard InChI is InChI=1S/C45H68O23/c46-33(19-20-34(47)48)14-6-1-2-7-15-38(55)65-30-45(68-44(61)18-10-5-13-29-64-43(60)26-23-37(53)54,31-66-39(56)16-8-3-11-27-62-41(58)24-21-35(49)50)32-67-40(57)17-9-4-12-28-63-42(59)25-22-36(51)52/h1-32H2,(H,47,48)(H,49,50)(H,51,52)(H,53,54). The molecule has 0 atom stereocenters. The molecule has 0 amide bonds. The second-order valence-electron chi connectivity index (χ2n) is 15.8. The van der Waals surface area contributed by atoms with E-state index in [0.29, 0.717) is 64.2 Å². The van der Waals surface area contributed by atoms with Crippen LogP contribution in [0.4, 0.5) is 0 Å². The molecular weight excluding hydrogens is 908 g/mol. The lowest BCUT2D eigenvalue weighted by atomic mass is 10.1. The Kier molecular flexibility index (Phi) is 35.4. The van der Waals surface area contributed by atoms with E-state index in [-0.39, 0.29) is 128 Å². The SMILES string of the molecule is O=C(O)CCC(=O)CCCCCCC(=O)OCC(COC(=O)CCCCCOC(=O)CCC(=O)O)(COC(=O)CCCCCOC(=O)CCC(=O)O)OC(=O)CCCCCOC(=O)CCC(=O)O. The van der Waals surface area contributed by atoms with E-state index in [0.717, 1.165) is 0 Å². The third kappa shape index (κ3) is 39.0. The maximum atomic E-state index is 13.3. The molecule has 0 aliphatic rings. The monoisotopic (exact) mass is 976 g/mol. The molecule has 23 heteroatoms. The molecular formula is C45H68O23. The summed E-state index contributed by atoms with van der Waals surface area (Å²) in [5, 5.41) is 34.9. The van der Waals surface area contributed by atoms with Crippen LogP contribution in [0.1, 0.15) is 167 Å². The smallest absolute Gasteiger partial charge is 0.306 e. The highest BCUT2D eigenvalue weighted by Crippen LogP contribution is 2.20. The maximum Gasteiger partial charge on any atom is 0.306 e. The van der Waals surface area contributed by atoms with Gasteiger partial charge in [-0.1, -0.05) is 12.8 Å². The van der Waals surface area contributed by atoms with Gasteiger partial charge < -0.3 is 53.6 Å². The molecule has 68 heavy (non-hydrogen) atoms. The average Bonchev–Trinajstić information content (AvgIpc) is 3.28. The van der Waals surface area contributed by atoms with Gasteiger partial charge in [-0.15, -0.1) is 0 Å². The Morgan fingerprint density at radius 2 is 0.529 bits per heavy atom. The molecule has 386 valence electrons. The molecule has 0 saturated heterocycles. The van der Waals surface area contributed by atoms with Crippen molar-refractivity contribution in [3.05, 3.63) is 0 Å². The molecule has 0 saturated carbocycles. The topological polar surface area (TPSA) is 350 Å². The van der Waals surface area contributed by atoms with Gasteiger partial charge >= 0.3 is 65.7 Å². The van der Waals surface area contributed by atoms with Crippen molar-refractivity contribution in [1.82, 2.24) is 0 Å². The van der Waals surface area contributed by atoms with E-state index < -0.39 is 91.1 Å². The van der Waals surface area contributed by atoms with E-state index >= 15 is 0 Å². The minimum atomic E-state index is -2.03. The molecule has 0 unspecified atom stereocenters. The van der Waals surface area contributed by atoms with Gasteiger partial charge in [0.2, 0.25) is 5.60 Å². The third-order valence-electron chi connectivity index (χ3n) is 9.52. The molecule has 0 spiro atoms. The number of carbonyl (C=O) groups excluding carboxylic acids is 8. The molecule has 0 rings (SSSR count). The van der Waals surface area contributed by atoms with E-state index in [1.165, 1.54) is 0 Å². The van der Waals surface area contributed by atoms with Crippen molar-refractivity contribution >= 4 is 71.4 Å². The minimum absolute atomic E-state index is 0.00242. The first-order valence-corrected chi connectivity index (χ1v) is 22.9. The first-order valence-electron chi connectivity index (χ1n) is 22.9. The first kappa shape index (κ1) is 61.8. The lowest BCUT2D eigenvalue weighted by molar-refractivity contribution is -0.196. The van der Waals surface area contributed by atoms with Crippen molar-refractivity contribution in [2.75, 3.05) is 39.6 Å². The molecule has 4 N–H and O–H groups in total. The predicted molar refractivity (Wildman–Crippen MR) is 230 cm³/mol. The maximum absolute atomic E-state index is 13.3. The Morgan fingerprint density at radius 3 is 0.853 bits per heavy atom. The highest BCUT2D eigenvalue weighted by Gasteiger charge is 2.40. The van der Waals surface area contributed by atoms with Crippen LogP contribution in [0.15, 0.2) is 0 Å². The summed E-state index contributed by atoms with van der Waals surface area (Å²) in [5.41, 5.74) is -2.03. The number of carboxylic acids is 4. The summed E-state index contributed by atoms with van der Waals surface area (Å²) in [6.45, 7) is -2.16. The van der Waals surface area contributed by atoms with Gasteiger partial charge in [0.1, 0.15) is 25.6 Å². The zero-order valence-corrected chi connectivity index (χ0v) is 38.7. The van der Waals surface area contributed by atoms with E-state index in [9.17, 15) is 57.5 Å². The molecule has 0 heterocycles. The van der Waals surface area contributed by atoms with E-state index in [1.807, 2.05) is 0 Å². The fourth-order valence-electron chi connectivity index (χ4n) is 5.72. The van der Waals surface area contributed by atoms with Crippen LogP contribution in [0.5, 0.6) is 0 Å². The average molecular weight is 977 g/mol. The Morgan fingerprint density at radius 1 is 0.265 bits per heavy atom. The molecule has 0 bridgehead atoms. The lowest BCUT2D eigenvalue weighted by Gasteiger charge is -2.32. The van der Waals surface area contributed by atoms with E-state index in [4.69, 9.17) is 53.6 Å². The van der Waals surface area contributed by atoms with Crippen molar-refractivity contribution in [1.29, 1.82) is 0 Å². The van der Waals surface area contributed by atoms with Gasteiger partial charge in [-0.25, -0.2) is 0 Å². The predicted octanol–water partition coefficient (Wildman–Crippen LogP) is 4.58. The van der Waals surface area contributed by atoms with Crippen LogP contribution in [0.25, 0.3) is 0 Å². The molecule has 23 nitrogen and oxygen atoms in total. The minimum Gasteiger partial charge on any atom is -0.481 e. The number of rotatable bonds is 44. The molecule has 0 aromatic heterocycles. The summed E-state index contributed by atoms with van der Waals surface area (Å²) in [7, 11) is 0. The van der Waals surface area contributed by atoms with Crippen molar-refractivity contribution in [3.63, 3.8) is 0 Å². The highest BCUT2D eigenvalue weighted by atomic mass is 16.6. The largest absolute Gasteiger partial charge is 0.481 e. The molecule has 0 fully saturated rings. The summed E-state index contributed by atoms with van der Waals surface area (Å²) < 4.78 is 37.2. The number of aliphatic carboxylic acids is 4. The molecule has 0 aliphatic heterocycles. The molecule has 0 aromatic rings. The van der Waals surface area contributed by atoms with E-state index in [1.54, 1.807) is 0 Å². The summed E-state index contributed by atoms with van der Waals surface area (Å²) in [4.78, 5) is 142. The van der Waals surface area contributed by atoms with Crippen LogP contribution < -0.4 is 0 Å². The zero-order chi connectivity index (χ0) is 51.0. The number of carbonyl (C=O) groups is 12. The van der Waals surface area contributed by atoms with Gasteiger partial charge in [0, 0.05) is 38.5 Å². The van der Waals surface area contributed by atoms with Crippen LogP contribution in [0.3, 0.4) is 0 Å². The van der Waals surface area contributed by atoms with Gasteiger partial charge in [0.05, 0.1) is 64.8 Å². The fraction of sp³-hybridized carbons (Fsp3) is 0.733. The number of hydrogen-bond acceptors (Lipinski definition) is 19. The Balaban J connectivity index is 5.73. The van der Waals surface area contributed by atoms with Crippen LogP contribution in [-0.4, -0.2) is 137 Å². The summed E-state index contributed by atoms with van der Waals surface area (Å²) >= 11 is 0. The highest BCUT2D eigenvalue weighted by molar-refractivity contribution is 5.82. The Hall–Kier alpha value is -6.16. The van der Waals surface area contributed by atoms with Crippen molar-refractivity contribution < 1.29 is 111 Å². The quantitative estimate of drug-likeness (QED) is 0.0369. The van der Waals surface area contributed by atoms with Crippen LogP contribution in [-0.2, 0) is 90.7 Å². The van der Waals surface area contributed by atoms with Crippen LogP contribution in [0, 0.1) is 0 Å². The number of Topliss-reactive ketones (excluding diaryl/α,β-unsaturated/α-hetero) is 1. The number of esters is 7. The molecule has 0 aromatic carbocycles. The number of ketones is 1. The molecule has 0 aliphatic carbocycles. The second kappa shape index (κ2) is 38.9. The van der Waals surface area contributed by atoms with Gasteiger partial charge in [-0.05, 0) is 70.6 Å². The van der Waals surface area contributed by atoms with Gasteiger partial charge in [-0.3, -0.25) is 57.5 Å². The van der Waals surface area contributed by atoms with Gasteiger partial charge in [0.25, 0.3) is 0 Å². The normalized spacial score (nSPS) is 10.8. The van der Waals surface area contributed by atoms with Crippen LogP contribution >= 0.6 is 0 Å². The Labute approximate surface area is 394 Å². The third-order valence-corrected chi connectivity index (χ3v) is 9.52. The zero-order valence-electron chi connectivity index (χ0n) is 38.7. The molecule has 0 radical (unpaired) electrons. The number of hydrogen-bond donors (Lipinski definition) is 4. The number of ether oxygens (including phenoxy) is 7. The Bertz CT molecular complexity index is 1480.